The molecule has 0 aliphatic heterocycles. The first-order valence-electron chi connectivity index (χ1n) is 9.10. The molecule has 150 valence electrons. The zero-order chi connectivity index (χ0) is 19.8. The Labute approximate surface area is 154 Å². The van der Waals surface area contributed by atoms with Crippen molar-refractivity contribution < 1.29 is 38.5 Å². The predicted molar refractivity (Wildman–Crippen MR) is 92.0 cm³/mol. The summed E-state index contributed by atoms with van der Waals surface area (Å²) in [6.07, 6.45) is 4.96. The fraction of sp³-hybridized carbons (Fsp3) is 0.778. The van der Waals surface area contributed by atoms with E-state index in [0.29, 0.717) is 12.8 Å². The molecule has 26 heavy (non-hydrogen) atoms. The summed E-state index contributed by atoms with van der Waals surface area (Å²) in [5.74, 6) is -2.83. The average molecular weight is 374 g/mol. The molecular weight excluding hydrogens is 344 g/mol. The van der Waals surface area contributed by atoms with Crippen LogP contribution in [0.15, 0.2) is 0 Å². The van der Waals surface area contributed by atoms with Crippen LogP contribution in [0.1, 0.15) is 71.6 Å². The van der Waals surface area contributed by atoms with E-state index in [1.807, 2.05) is 0 Å². The Morgan fingerprint density at radius 2 is 1.38 bits per heavy atom. The minimum Gasteiger partial charge on any atom is -0.481 e. The van der Waals surface area contributed by atoms with Crippen LogP contribution < -0.4 is 0 Å². The van der Waals surface area contributed by atoms with Crippen LogP contribution in [0.3, 0.4) is 0 Å². The third-order valence-corrected chi connectivity index (χ3v) is 3.72. The fourth-order valence-electron chi connectivity index (χ4n) is 2.14. The van der Waals surface area contributed by atoms with Gasteiger partial charge >= 0.3 is 23.9 Å². The molecule has 0 saturated carbocycles. The smallest absolute Gasteiger partial charge is 0.315 e. The monoisotopic (exact) mass is 374 g/mol. The molecule has 0 aliphatic carbocycles. The maximum absolute atomic E-state index is 12.1. The predicted octanol–water partition coefficient (Wildman–Crippen LogP) is 2.83. The molecule has 0 rings (SSSR count). The highest BCUT2D eigenvalue weighted by molar-refractivity contribution is 5.74. The van der Waals surface area contributed by atoms with Crippen molar-refractivity contribution in [2.45, 2.75) is 71.6 Å². The molecule has 0 bridgehead atoms. The van der Waals surface area contributed by atoms with Gasteiger partial charge < -0.3 is 19.3 Å². The van der Waals surface area contributed by atoms with Crippen LogP contribution in [0, 0.1) is 5.92 Å². The van der Waals surface area contributed by atoms with E-state index in [-0.39, 0.29) is 25.9 Å². The van der Waals surface area contributed by atoms with Crippen molar-refractivity contribution in [3.8, 4) is 0 Å². The van der Waals surface area contributed by atoms with Gasteiger partial charge in [-0.05, 0) is 12.8 Å². The third-order valence-electron chi connectivity index (χ3n) is 3.72. The van der Waals surface area contributed by atoms with E-state index in [1.54, 1.807) is 13.8 Å². The molecule has 0 spiro atoms. The molecule has 0 aliphatic rings. The topological polar surface area (TPSA) is 116 Å². The van der Waals surface area contributed by atoms with Crippen LogP contribution >= 0.6 is 0 Å². The van der Waals surface area contributed by atoms with Gasteiger partial charge in [-0.1, -0.05) is 39.5 Å². The molecule has 8 heteroatoms. The van der Waals surface area contributed by atoms with Crippen molar-refractivity contribution in [3.63, 3.8) is 0 Å². The van der Waals surface area contributed by atoms with Crippen molar-refractivity contribution in [2.75, 3.05) is 13.4 Å². The molecule has 8 nitrogen and oxygen atoms in total. The van der Waals surface area contributed by atoms with Gasteiger partial charge in [0.2, 0.25) is 6.79 Å². The summed E-state index contributed by atoms with van der Waals surface area (Å²) in [5.41, 5.74) is 0. The molecule has 0 aromatic heterocycles. The summed E-state index contributed by atoms with van der Waals surface area (Å²) < 4.78 is 14.7. The Balaban J connectivity index is 4.19. The summed E-state index contributed by atoms with van der Waals surface area (Å²) in [7, 11) is 0. The largest absolute Gasteiger partial charge is 0.481 e. The van der Waals surface area contributed by atoms with Gasteiger partial charge in [0.05, 0.1) is 5.92 Å². The van der Waals surface area contributed by atoms with Crippen molar-refractivity contribution >= 4 is 23.9 Å². The number of carbonyl (C=O) groups excluding carboxylic acids is 3. The lowest BCUT2D eigenvalue weighted by Crippen LogP contribution is -2.25. The van der Waals surface area contributed by atoms with E-state index in [4.69, 9.17) is 19.3 Å². The molecule has 0 fully saturated rings. The van der Waals surface area contributed by atoms with Gasteiger partial charge in [-0.15, -0.1) is 0 Å². The van der Waals surface area contributed by atoms with Crippen LogP contribution in [-0.4, -0.2) is 42.4 Å². The van der Waals surface area contributed by atoms with E-state index in [0.717, 1.165) is 25.7 Å². The first-order chi connectivity index (χ1) is 12.4. The van der Waals surface area contributed by atoms with Gasteiger partial charge in [0.1, 0.15) is 6.61 Å². The van der Waals surface area contributed by atoms with Crippen LogP contribution in [0.2, 0.25) is 0 Å². The number of ether oxygens (including phenoxy) is 3. The Kier molecular flexibility index (Phi) is 13.9. The molecule has 0 amide bonds. The highest BCUT2D eigenvalue weighted by atomic mass is 16.7. The zero-order valence-electron chi connectivity index (χ0n) is 15.7. The second-order valence-electron chi connectivity index (χ2n) is 5.88. The number of carboxylic acid groups (broad SMARTS) is 1. The fourth-order valence-corrected chi connectivity index (χ4v) is 2.14. The summed E-state index contributed by atoms with van der Waals surface area (Å²) >= 11 is 0. The van der Waals surface area contributed by atoms with Crippen LogP contribution in [0.5, 0.6) is 0 Å². The summed E-state index contributed by atoms with van der Waals surface area (Å²) in [6.45, 7) is 2.79. The molecule has 0 heterocycles. The first-order valence-corrected chi connectivity index (χ1v) is 9.10. The van der Waals surface area contributed by atoms with E-state index in [1.165, 1.54) is 0 Å². The summed E-state index contributed by atoms with van der Waals surface area (Å²) in [5, 5.41) is 8.57. The van der Waals surface area contributed by atoms with E-state index in [9.17, 15) is 19.2 Å². The number of unbranched alkanes of at least 4 members (excludes halogenated alkanes) is 4. The second-order valence-corrected chi connectivity index (χ2v) is 5.88. The minimum absolute atomic E-state index is 0.0632. The molecule has 0 aromatic rings. The van der Waals surface area contributed by atoms with Crippen LogP contribution in [0.4, 0.5) is 0 Å². The number of carboxylic acids is 1. The van der Waals surface area contributed by atoms with E-state index < -0.39 is 36.6 Å². The lowest BCUT2D eigenvalue weighted by Gasteiger charge is -2.16. The van der Waals surface area contributed by atoms with Gasteiger partial charge in [-0.2, -0.15) is 0 Å². The first kappa shape index (κ1) is 23.9. The number of hydrogen-bond acceptors (Lipinski definition) is 7. The maximum Gasteiger partial charge on any atom is 0.315 e. The molecule has 1 N–H and O–H groups in total. The third kappa shape index (κ3) is 13.2. The number of rotatable bonds is 15. The quantitative estimate of drug-likeness (QED) is 0.264. The lowest BCUT2D eigenvalue weighted by atomic mass is 10.0. The average Bonchev–Trinajstić information content (AvgIpc) is 2.62. The highest BCUT2D eigenvalue weighted by Gasteiger charge is 2.22. The molecule has 0 aromatic carbocycles. The van der Waals surface area contributed by atoms with Crippen molar-refractivity contribution in [1.29, 1.82) is 0 Å². The highest BCUT2D eigenvalue weighted by Crippen LogP contribution is 2.15. The Hall–Kier alpha value is -2.12. The van der Waals surface area contributed by atoms with Gasteiger partial charge in [0, 0.05) is 19.3 Å². The molecular formula is C18H30O8. The van der Waals surface area contributed by atoms with Crippen molar-refractivity contribution in [3.05, 3.63) is 0 Å². The van der Waals surface area contributed by atoms with Crippen molar-refractivity contribution in [2.24, 2.45) is 5.92 Å². The Morgan fingerprint density at radius 3 is 2.00 bits per heavy atom. The molecule has 1 atom stereocenters. The van der Waals surface area contributed by atoms with Gasteiger partial charge in [0.15, 0.2) is 0 Å². The van der Waals surface area contributed by atoms with E-state index in [2.05, 4.69) is 0 Å². The van der Waals surface area contributed by atoms with Crippen molar-refractivity contribution in [1.82, 2.24) is 0 Å². The van der Waals surface area contributed by atoms with Gasteiger partial charge in [0.25, 0.3) is 0 Å². The van der Waals surface area contributed by atoms with E-state index >= 15 is 0 Å². The second kappa shape index (κ2) is 15.2. The number of aliphatic carboxylic acids is 1. The Bertz CT molecular complexity index is 446. The molecule has 0 saturated heterocycles. The standard InChI is InChI=1S/C18H30O8/c1-3-16(21)24-12-14(18(23)26-13-25-17(22)4-2)10-8-6-5-7-9-11-15(19)20/h14H,3-13H2,1-2H3,(H,19,20). The van der Waals surface area contributed by atoms with Crippen LogP contribution in [-0.2, 0) is 33.4 Å². The lowest BCUT2D eigenvalue weighted by molar-refractivity contribution is -0.172. The number of hydrogen-bond donors (Lipinski definition) is 1. The normalized spacial score (nSPS) is 11.5. The van der Waals surface area contributed by atoms with Crippen LogP contribution in [0.25, 0.3) is 0 Å². The summed E-state index contributed by atoms with van der Waals surface area (Å²) in [6, 6.07) is 0. The summed E-state index contributed by atoms with van der Waals surface area (Å²) in [4.78, 5) is 44.8. The zero-order valence-corrected chi connectivity index (χ0v) is 15.7. The number of esters is 3. The number of carbonyl (C=O) groups is 4. The molecule has 0 radical (unpaired) electrons. The Morgan fingerprint density at radius 1 is 0.808 bits per heavy atom. The SMILES string of the molecule is CCC(=O)OCOC(=O)C(CCCCCCCC(=O)O)COC(=O)CC. The molecule has 1 unspecified atom stereocenters. The van der Waals surface area contributed by atoms with Gasteiger partial charge in [-0.3, -0.25) is 19.2 Å². The minimum atomic E-state index is -0.797. The van der Waals surface area contributed by atoms with Gasteiger partial charge in [-0.25, -0.2) is 0 Å². The maximum atomic E-state index is 12.1.